The number of nitrogens with zero attached hydrogens (tertiary/aromatic N) is 1. The van der Waals surface area contributed by atoms with Crippen molar-refractivity contribution < 1.29 is 14.1 Å². The third-order valence-electron chi connectivity index (χ3n) is 1.80. The minimum Gasteiger partial charge on any atom is -0.313 e. The SMILES string of the molecule is CNCC(=O)c1ccc([N+](=O)[O-])cc1F. The van der Waals surface area contributed by atoms with Gasteiger partial charge in [-0.15, -0.1) is 0 Å². The molecule has 0 aliphatic carbocycles. The van der Waals surface area contributed by atoms with E-state index in [0.717, 1.165) is 18.2 Å². The Morgan fingerprint density at radius 2 is 2.27 bits per heavy atom. The van der Waals surface area contributed by atoms with Crippen LogP contribution in [0.25, 0.3) is 0 Å². The molecule has 0 atom stereocenters. The highest BCUT2D eigenvalue weighted by Crippen LogP contribution is 2.16. The topological polar surface area (TPSA) is 72.2 Å². The predicted molar refractivity (Wildman–Crippen MR) is 51.3 cm³/mol. The molecule has 0 spiro atoms. The summed E-state index contributed by atoms with van der Waals surface area (Å²) in [4.78, 5) is 20.9. The van der Waals surface area contributed by atoms with Crippen LogP contribution in [0.3, 0.4) is 0 Å². The molecule has 0 saturated heterocycles. The van der Waals surface area contributed by atoms with Crippen LogP contribution in [0.1, 0.15) is 10.4 Å². The molecule has 0 bridgehead atoms. The van der Waals surface area contributed by atoms with E-state index >= 15 is 0 Å². The monoisotopic (exact) mass is 212 g/mol. The van der Waals surface area contributed by atoms with Crippen LogP contribution in [0, 0.1) is 15.9 Å². The minimum absolute atomic E-state index is 0.00523. The van der Waals surface area contributed by atoms with Crippen LogP contribution in [0.5, 0.6) is 0 Å². The van der Waals surface area contributed by atoms with E-state index in [2.05, 4.69) is 5.32 Å². The molecule has 1 aromatic rings. The summed E-state index contributed by atoms with van der Waals surface area (Å²) in [6, 6.07) is 2.96. The number of benzene rings is 1. The first kappa shape index (κ1) is 11.3. The Labute approximate surface area is 85.1 Å². The van der Waals surface area contributed by atoms with Gasteiger partial charge < -0.3 is 5.32 Å². The highest BCUT2D eigenvalue weighted by atomic mass is 19.1. The summed E-state index contributed by atoms with van der Waals surface area (Å²) in [5.74, 6) is -1.31. The van der Waals surface area contributed by atoms with E-state index in [4.69, 9.17) is 0 Å². The average molecular weight is 212 g/mol. The fourth-order valence-electron chi connectivity index (χ4n) is 1.10. The fourth-order valence-corrected chi connectivity index (χ4v) is 1.10. The molecule has 6 heteroatoms. The lowest BCUT2D eigenvalue weighted by Gasteiger charge is -2.01. The first-order chi connectivity index (χ1) is 7.06. The zero-order chi connectivity index (χ0) is 11.4. The zero-order valence-electron chi connectivity index (χ0n) is 7.99. The molecule has 5 nitrogen and oxygen atoms in total. The lowest BCUT2D eigenvalue weighted by molar-refractivity contribution is -0.385. The average Bonchev–Trinajstić information content (AvgIpc) is 2.17. The van der Waals surface area contributed by atoms with Crippen LogP contribution in [0.2, 0.25) is 0 Å². The summed E-state index contributed by atoms with van der Waals surface area (Å²) in [6.45, 7) is -0.00523. The van der Waals surface area contributed by atoms with Crippen molar-refractivity contribution in [3.05, 3.63) is 39.7 Å². The summed E-state index contributed by atoms with van der Waals surface area (Å²) in [6.07, 6.45) is 0. The van der Waals surface area contributed by atoms with Gasteiger partial charge in [0, 0.05) is 6.07 Å². The third-order valence-corrected chi connectivity index (χ3v) is 1.80. The molecule has 0 radical (unpaired) electrons. The van der Waals surface area contributed by atoms with Crippen LogP contribution in [0.4, 0.5) is 10.1 Å². The Balaban J connectivity index is 3.03. The summed E-state index contributed by atoms with van der Waals surface area (Å²) in [5, 5.41) is 12.9. The normalized spacial score (nSPS) is 10.0. The standard InChI is InChI=1S/C9H9FN2O3/c1-11-5-9(13)7-3-2-6(12(14)15)4-8(7)10/h2-4,11H,5H2,1H3. The van der Waals surface area contributed by atoms with E-state index in [1.54, 1.807) is 7.05 Å². The number of nitrogens with one attached hydrogen (secondary N) is 1. The quantitative estimate of drug-likeness (QED) is 0.461. The maximum Gasteiger partial charge on any atom is 0.272 e. The van der Waals surface area contributed by atoms with Crippen LogP contribution in [-0.4, -0.2) is 24.3 Å². The first-order valence-corrected chi connectivity index (χ1v) is 4.18. The van der Waals surface area contributed by atoms with Crippen LogP contribution in [-0.2, 0) is 0 Å². The summed E-state index contributed by atoms with van der Waals surface area (Å²) >= 11 is 0. The van der Waals surface area contributed by atoms with Gasteiger partial charge in [-0.2, -0.15) is 0 Å². The molecular formula is C9H9FN2O3. The van der Waals surface area contributed by atoms with Crippen molar-refractivity contribution in [2.24, 2.45) is 0 Å². The highest BCUT2D eigenvalue weighted by molar-refractivity contribution is 5.98. The Kier molecular flexibility index (Phi) is 3.46. The van der Waals surface area contributed by atoms with Gasteiger partial charge in [-0.25, -0.2) is 4.39 Å². The van der Waals surface area contributed by atoms with Gasteiger partial charge in [0.15, 0.2) is 5.78 Å². The van der Waals surface area contributed by atoms with Gasteiger partial charge in [-0.1, -0.05) is 0 Å². The molecular weight excluding hydrogens is 203 g/mol. The molecule has 1 N–H and O–H groups in total. The smallest absolute Gasteiger partial charge is 0.272 e. The van der Waals surface area contributed by atoms with Gasteiger partial charge in [0.2, 0.25) is 0 Å². The molecule has 0 fully saturated rings. The van der Waals surface area contributed by atoms with E-state index in [1.165, 1.54) is 0 Å². The van der Waals surface area contributed by atoms with E-state index in [-0.39, 0.29) is 17.8 Å². The van der Waals surface area contributed by atoms with Gasteiger partial charge >= 0.3 is 0 Å². The Bertz CT molecular complexity index is 406. The van der Waals surface area contributed by atoms with Gasteiger partial charge in [0.1, 0.15) is 5.82 Å². The third kappa shape index (κ3) is 2.57. The number of ketones is 1. The number of non-ortho nitro benzene ring substituents is 1. The Hall–Kier alpha value is -1.82. The second-order valence-corrected chi connectivity index (χ2v) is 2.87. The maximum atomic E-state index is 13.2. The van der Waals surface area contributed by atoms with E-state index in [9.17, 15) is 19.3 Å². The molecule has 0 aliphatic rings. The van der Waals surface area contributed by atoms with Crippen molar-refractivity contribution in [2.75, 3.05) is 13.6 Å². The van der Waals surface area contributed by atoms with Crippen LogP contribution >= 0.6 is 0 Å². The number of Topliss-reactive ketones (excluding diaryl/α,β-unsaturated/α-hetero) is 1. The van der Waals surface area contributed by atoms with Crippen LogP contribution < -0.4 is 5.32 Å². The molecule has 0 unspecified atom stereocenters. The Morgan fingerprint density at radius 1 is 1.60 bits per heavy atom. The van der Waals surface area contributed by atoms with E-state index in [0.29, 0.717) is 0 Å². The lowest BCUT2D eigenvalue weighted by Crippen LogP contribution is -2.19. The second kappa shape index (κ2) is 4.61. The van der Waals surface area contributed by atoms with Gasteiger partial charge in [-0.3, -0.25) is 14.9 Å². The van der Waals surface area contributed by atoms with E-state index < -0.39 is 16.5 Å². The number of halogens is 1. The van der Waals surface area contributed by atoms with Crippen molar-refractivity contribution in [3.63, 3.8) is 0 Å². The van der Waals surface area contributed by atoms with Crippen molar-refractivity contribution in [1.29, 1.82) is 0 Å². The molecule has 15 heavy (non-hydrogen) atoms. The molecule has 1 aromatic carbocycles. The molecule has 0 aromatic heterocycles. The zero-order valence-corrected chi connectivity index (χ0v) is 7.99. The summed E-state index contributed by atoms with van der Waals surface area (Å²) in [5.41, 5.74) is -0.511. The number of likely N-dealkylation sites (N-methyl/N-ethyl adjacent to an activating group) is 1. The predicted octanol–water partition coefficient (Wildman–Crippen LogP) is 1.14. The minimum atomic E-state index is -0.871. The van der Waals surface area contributed by atoms with Crippen molar-refractivity contribution in [3.8, 4) is 0 Å². The van der Waals surface area contributed by atoms with E-state index in [1.807, 2.05) is 0 Å². The molecule has 80 valence electrons. The molecule has 1 rings (SSSR count). The molecule has 0 heterocycles. The lowest BCUT2D eigenvalue weighted by atomic mass is 10.1. The largest absolute Gasteiger partial charge is 0.313 e. The maximum absolute atomic E-state index is 13.2. The Morgan fingerprint density at radius 3 is 2.73 bits per heavy atom. The van der Waals surface area contributed by atoms with Crippen molar-refractivity contribution >= 4 is 11.5 Å². The number of hydrogen-bond donors (Lipinski definition) is 1. The summed E-state index contributed by atoms with van der Waals surface area (Å²) in [7, 11) is 1.56. The van der Waals surface area contributed by atoms with Crippen molar-refractivity contribution in [1.82, 2.24) is 5.32 Å². The number of nitro groups is 1. The number of carbonyl (C=O) groups excluding carboxylic acids is 1. The summed E-state index contributed by atoms with van der Waals surface area (Å²) < 4.78 is 13.2. The number of carbonyl (C=O) groups is 1. The number of rotatable bonds is 4. The first-order valence-electron chi connectivity index (χ1n) is 4.18. The van der Waals surface area contributed by atoms with Crippen molar-refractivity contribution in [2.45, 2.75) is 0 Å². The number of nitro benzene ring substituents is 1. The molecule has 0 aliphatic heterocycles. The van der Waals surface area contributed by atoms with Gasteiger partial charge in [-0.05, 0) is 13.1 Å². The van der Waals surface area contributed by atoms with Gasteiger partial charge in [0.05, 0.1) is 23.1 Å². The highest BCUT2D eigenvalue weighted by Gasteiger charge is 2.15. The molecule has 0 saturated carbocycles. The number of hydrogen-bond acceptors (Lipinski definition) is 4. The fraction of sp³-hybridized carbons (Fsp3) is 0.222. The van der Waals surface area contributed by atoms with Crippen LogP contribution in [0.15, 0.2) is 18.2 Å². The second-order valence-electron chi connectivity index (χ2n) is 2.87. The molecule has 0 amide bonds. The van der Waals surface area contributed by atoms with Gasteiger partial charge in [0.25, 0.3) is 5.69 Å².